The zero-order valence-corrected chi connectivity index (χ0v) is 11.0. The quantitative estimate of drug-likeness (QED) is 0.736. The molecular weight excluding hydrogens is 252 g/mol. The molecule has 1 aromatic carbocycles. The van der Waals surface area contributed by atoms with Gasteiger partial charge >= 0.3 is 0 Å². The minimum Gasteiger partial charge on any atom is -0.453 e. The van der Waals surface area contributed by atoms with Gasteiger partial charge in [0.15, 0.2) is 11.6 Å². The second-order valence-corrected chi connectivity index (χ2v) is 5.20. The molecule has 20 heavy (non-hydrogen) atoms. The Morgan fingerprint density at radius 1 is 1.15 bits per heavy atom. The van der Waals surface area contributed by atoms with Gasteiger partial charge in [-0.2, -0.15) is 0 Å². The first-order chi connectivity index (χ1) is 9.81. The molecule has 3 aromatic rings. The minimum absolute atomic E-state index is 0.0230. The van der Waals surface area contributed by atoms with E-state index >= 15 is 0 Å². The first-order valence-corrected chi connectivity index (χ1v) is 6.92. The lowest BCUT2D eigenvalue weighted by Gasteiger charge is -2.13. The van der Waals surface area contributed by atoms with Crippen molar-refractivity contribution in [2.45, 2.75) is 25.7 Å². The molecule has 1 aliphatic carbocycles. The van der Waals surface area contributed by atoms with Gasteiger partial charge in [0.2, 0.25) is 0 Å². The van der Waals surface area contributed by atoms with Crippen molar-refractivity contribution in [3.63, 3.8) is 0 Å². The van der Waals surface area contributed by atoms with Crippen molar-refractivity contribution < 1.29 is 4.42 Å². The Morgan fingerprint density at radius 2 is 2.00 bits per heavy atom. The highest BCUT2D eigenvalue weighted by Gasteiger charge is 2.17. The highest BCUT2D eigenvalue weighted by Crippen LogP contribution is 2.26. The number of hydrogen-bond donors (Lipinski definition) is 1. The molecule has 100 valence electrons. The summed E-state index contributed by atoms with van der Waals surface area (Å²) < 4.78 is 5.77. The lowest BCUT2D eigenvalue weighted by molar-refractivity contribution is 0.616. The third-order valence-electron chi connectivity index (χ3n) is 3.85. The highest BCUT2D eigenvalue weighted by molar-refractivity contribution is 5.81. The Balaban J connectivity index is 1.89. The number of benzene rings is 1. The topological polar surface area (TPSA) is 58.9 Å². The number of aryl methyl sites for hydroxylation is 1. The molecule has 4 rings (SSSR count). The van der Waals surface area contributed by atoms with Crippen molar-refractivity contribution in [1.29, 1.82) is 0 Å². The second-order valence-electron chi connectivity index (χ2n) is 5.20. The van der Waals surface area contributed by atoms with E-state index in [1.165, 1.54) is 0 Å². The van der Waals surface area contributed by atoms with Crippen molar-refractivity contribution in [3.8, 4) is 11.6 Å². The predicted octanol–water partition coefficient (Wildman–Crippen LogP) is 3.06. The Bertz CT molecular complexity index is 812. The molecule has 0 amide bonds. The first-order valence-electron chi connectivity index (χ1n) is 6.92. The van der Waals surface area contributed by atoms with Crippen LogP contribution in [0.15, 0.2) is 39.5 Å². The SMILES string of the molecule is O=c1[nH]c(-c2cc3ccccc3o2)nc2c1CCCC2. The normalized spacial score (nSPS) is 14.4. The number of aromatic amines is 1. The van der Waals surface area contributed by atoms with Crippen LogP contribution in [0.5, 0.6) is 0 Å². The van der Waals surface area contributed by atoms with Crippen LogP contribution >= 0.6 is 0 Å². The molecule has 0 saturated carbocycles. The molecule has 2 heterocycles. The van der Waals surface area contributed by atoms with Gasteiger partial charge in [-0.25, -0.2) is 4.98 Å². The van der Waals surface area contributed by atoms with Gasteiger partial charge < -0.3 is 9.40 Å². The third-order valence-corrected chi connectivity index (χ3v) is 3.85. The maximum Gasteiger partial charge on any atom is 0.254 e. The maximum atomic E-state index is 12.1. The van der Waals surface area contributed by atoms with Crippen LogP contribution in [-0.4, -0.2) is 9.97 Å². The molecule has 0 saturated heterocycles. The second kappa shape index (κ2) is 4.34. The van der Waals surface area contributed by atoms with Crippen LogP contribution in [0.3, 0.4) is 0 Å². The first kappa shape index (κ1) is 11.5. The fourth-order valence-electron chi connectivity index (χ4n) is 2.82. The Morgan fingerprint density at radius 3 is 2.90 bits per heavy atom. The lowest BCUT2D eigenvalue weighted by atomic mass is 9.97. The van der Waals surface area contributed by atoms with E-state index in [-0.39, 0.29) is 5.56 Å². The predicted molar refractivity (Wildman–Crippen MR) is 76.7 cm³/mol. The van der Waals surface area contributed by atoms with Crippen LogP contribution in [0.1, 0.15) is 24.1 Å². The summed E-state index contributed by atoms with van der Waals surface area (Å²) in [7, 11) is 0. The van der Waals surface area contributed by atoms with Crippen LogP contribution in [0.2, 0.25) is 0 Å². The summed E-state index contributed by atoms with van der Waals surface area (Å²) >= 11 is 0. The van der Waals surface area contributed by atoms with Crippen molar-refractivity contribution in [3.05, 3.63) is 51.9 Å². The molecule has 2 aromatic heterocycles. The molecule has 0 fully saturated rings. The Labute approximate surface area is 115 Å². The smallest absolute Gasteiger partial charge is 0.254 e. The monoisotopic (exact) mass is 266 g/mol. The molecule has 0 atom stereocenters. The molecule has 4 nitrogen and oxygen atoms in total. The number of fused-ring (bicyclic) bond motifs is 2. The molecule has 4 heteroatoms. The number of H-pyrrole nitrogens is 1. The molecular formula is C16H14N2O2. The van der Waals surface area contributed by atoms with E-state index in [0.717, 1.165) is 47.9 Å². The van der Waals surface area contributed by atoms with Crippen molar-refractivity contribution in [1.82, 2.24) is 9.97 Å². The zero-order chi connectivity index (χ0) is 13.5. The van der Waals surface area contributed by atoms with Gasteiger partial charge in [0.1, 0.15) is 5.58 Å². The summed E-state index contributed by atoms with van der Waals surface area (Å²) in [6.45, 7) is 0. The van der Waals surface area contributed by atoms with Crippen LogP contribution in [-0.2, 0) is 12.8 Å². The number of aromatic nitrogens is 2. The van der Waals surface area contributed by atoms with Crippen LogP contribution in [0.4, 0.5) is 0 Å². The van der Waals surface area contributed by atoms with Gasteiger partial charge in [0, 0.05) is 10.9 Å². The third kappa shape index (κ3) is 1.76. The van der Waals surface area contributed by atoms with E-state index < -0.39 is 0 Å². The van der Waals surface area contributed by atoms with Crippen LogP contribution in [0.25, 0.3) is 22.6 Å². The maximum absolute atomic E-state index is 12.1. The standard InChI is InChI=1S/C16H14N2O2/c19-16-11-6-2-3-7-12(11)17-15(18-16)14-9-10-5-1-4-8-13(10)20-14/h1,4-5,8-9H,2-3,6-7H2,(H,17,18,19). The molecule has 0 spiro atoms. The summed E-state index contributed by atoms with van der Waals surface area (Å²) in [4.78, 5) is 19.6. The minimum atomic E-state index is -0.0230. The van der Waals surface area contributed by atoms with Gasteiger partial charge in [0.05, 0.1) is 5.69 Å². The van der Waals surface area contributed by atoms with E-state index in [1.54, 1.807) is 0 Å². The fraction of sp³-hybridized carbons (Fsp3) is 0.250. The number of hydrogen-bond acceptors (Lipinski definition) is 3. The van der Waals surface area contributed by atoms with Gasteiger partial charge in [-0.05, 0) is 37.8 Å². The van der Waals surface area contributed by atoms with Crippen molar-refractivity contribution in [2.75, 3.05) is 0 Å². The number of rotatable bonds is 1. The summed E-state index contributed by atoms with van der Waals surface area (Å²) in [5.74, 6) is 1.16. The Hall–Kier alpha value is -2.36. The molecule has 0 aliphatic heterocycles. The van der Waals surface area contributed by atoms with E-state index in [2.05, 4.69) is 9.97 Å². The fourth-order valence-corrected chi connectivity index (χ4v) is 2.82. The van der Waals surface area contributed by atoms with Gasteiger partial charge in [-0.1, -0.05) is 18.2 Å². The zero-order valence-electron chi connectivity index (χ0n) is 11.0. The van der Waals surface area contributed by atoms with E-state index in [1.807, 2.05) is 30.3 Å². The molecule has 0 unspecified atom stereocenters. The Kier molecular flexibility index (Phi) is 2.49. The van der Waals surface area contributed by atoms with Gasteiger partial charge in [-0.3, -0.25) is 4.79 Å². The highest BCUT2D eigenvalue weighted by atomic mass is 16.3. The summed E-state index contributed by atoms with van der Waals surface area (Å²) in [6.07, 6.45) is 3.88. The van der Waals surface area contributed by atoms with E-state index in [9.17, 15) is 4.79 Å². The van der Waals surface area contributed by atoms with E-state index in [4.69, 9.17) is 4.42 Å². The summed E-state index contributed by atoms with van der Waals surface area (Å²) in [5, 5.41) is 1.02. The average Bonchev–Trinajstić information content (AvgIpc) is 2.91. The van der Waals surface area contributed by atoms with Gasteiger partial charge in [0.25, 0.3) is 5.56 Å². The van der Waals surface area contributed by atoms with Crippen molar-refractivity contribution in [2.24, 2.45) is 0 Å². The summed E-state index contributed by atoms with van der Waals surface area (Å²) in [6, 6.07) is 9.71. The number of para-hydroxylation sites is 1. The van der Waals surface area contributed by atoms with Crippen LogP contribution in [0, 0.1) is 0 Å². The largest absolute Gasteiger partial charge is 0.453 e. The number of nitrogens with zero attached hydrogens (tertiary/aromatic N) is 1. The lowest BCUT2D eigenvalue weighted by Crippen LogP contribution is -2.21. The average molecular weight is 266 g/mol. The molecule has 1 aliphatic rings. The van der Waals surface area contributed by atoms with E-state index in [0.29, 0.717) is 11.6 Å². The molecule has 0 radical (unpaired) electrons. The number of furan rings is 1. The molecule has 0 bridgehead atoms. The molecule has 1 N–H and O–H groups in total. The summed E-state index contributed by atoms with van der Waals surface area (Å²) in [5.41, 5.74) is 2.56. The van der Waals surface area contributed by atoms with Crippen molar-refractivity contribution >= 4 is 11.0 Å². The van der Waals surface area contributed by atoms with Crippen LogP contribution < -0.4 is 5.56 Å². The van der Waals surface area contributed by atoms with Gasteiger partial charge in [-0.15, -0.1) is 0 Å². The number of nitrogens with one attached hydrogen (secondary N) is 1.